The number of unbranched alkanes of at least 4 members (excludes halogenated alkanes) is 1. The lowest BCUT2D eigenvalue weighted by atomic mass is 10.2. The fourth-order valence-electron chi connectivity index (χ4n) is 1.01. The summed E-state index contributed by atoms with van der Waals surface area (Å²) in [7, 11) is 0. The Morgan fingerprint density at radius 3 is 3.00 bits per heavy atom. The molecule has 0 heterocycles. The van der Waals surface area contributed by atoms with Gasteiger partial charge in [-0.3, -0.25) is 0 Å². The van der Waals surface area contributed by atoms with Crippen LogP contribution in [0.4, 0.5) is 5.69 Å². The van der Waals surface area contributed by atoms with E-state index in [1.165, 1.54) is 6.07 Å². The number of nitrogen functional groups attached to an aromatic ring is 1. The molecule has 0 aliphatic carbocycles. The molecule has 0 atom stereocenters. The molecular weight excluding hydrogens is 178 g/mol. The van der Waals surface area contributed by atoms with Gasteiger partial charge in [0.1, 0.15) is 17.2 Å². The van der Waals surface area contributed by atoms with E-state index in [0.29, 0.717) is 18.8 Å². The molecule has 3 nitrogen and oxygen atoms in total. The molecule has 0 unspecified atom stereocenters. The number of benzene rings is 1. The van der Waals surface area contributed by atoms with E-state index in [4.69, 9.17) is 16.9 Å². The van der Waals surface area contributed by atoms with Crippen LogP contribution in [0.25, 0.3) is 0 Å². The molecule has 0 aliphatic heterocycles. The Bertz CT molecular complexity index is 342. The fourth-order valence-corrected chi connectivity index (χ4v) is 1.01. The number of para-hydroxylation sites is 1. The molecule has 0 aromatic heterocycles. The van der Waals surface area contributed by atoms with E-state index in [-0.39, 0.29) is 11.4 Å². The van der Waals surface area contributed by atoms with Gasteiger partial charge in [-0.1, -0.05) is 6.07 Å². The summed E-state index contributed by atoms with van der Waals surface area (Å²) < 4.78 is 5.34. The number of terminal acetylenes is 1. The second-order valence-corrected chi connectivity index (χ2v) is 2.85. The first kappa shape index (κ1) is 10.3. The van der Waals surface area contributed by atoms with Crippen LogP contribution in [0.15, 0.2) is 18.2 Å². The highest BCUT2D eigenvalue weighted by atomic mass is 16.5. The molecule has 1 aromatic carbocycles. The van der Waals surface area contributed by atoms with E-state index in [0.717, 1.165) is 6.42 Å². The minimum atomic E-state index is 0.0412. The molecule has 74 valence electrons. The molecule has 0 fully saturated rings. The molecule has 3 heteroatoms. The van der Waals surface area contributed by atoms with Gasteiger partial charge in [-0.2, -0.15) is 0 Å². The van der Waals surface area contributed by atoms with Crippen molar-refractivity contribution in [1.82, 2.24) is 0 Å². The summed E-state index contributed by atoms with van der Waals surface area (Å²) >= 11 is 0. The number of ether oxygens (including phenoxy) is 1. The lowest BCUT2D eigenvalue weighted by Crippen LogP contribution is -1.99. The van der Waals surface area contributed by atoms with E-state index in [1.807, 2.05) is 0 Å². The number of anilines is 1. The zero-order chi connectivity index (χ0) is 10.4. The van der Waals surface area contributed by atoms with Crippen molar-refractivity contribution in [3.63, 3.8) is 0 Å². The van der Waals surface area contributed by atoms with Gasteiger partial charge in [0, 0.05) is 6.42 Å². The average molecular weight is 191 g/mol. The molecular formula is C11H13NO2. The third-order valence-electron chi connectivity index (χ3n) is 1.77. The maximum absolute atomic E-state index is 9.27. The Kier molecular flexibility index (Phi) is 3.69. The van der Waals surface area contributed by atoms with Crippen LogP contribution >= 0.6 is 0 Å². The highest BCUT2D eigenvalue weighted by molar-refractivity contribution is 5.61. The molecule has 0 amide bonds. The van der Waals surface area contributed by atoms with Gasteiger partial charge in [0.05, 0.1) is 6.61 Å². The van der Waals surface area contributed by atoms with Crippen molar-refractivity contribution >= 4 is 5.69 Å². The molecule has 0 bridgehead atoms. The smallest absolute Gasteiger partial charge is 0.145 e. The SMILES string of the molecule is C#CCCCOc1cccc(O)c1N. The van der Waals surface area contributed by atoms with Gasteiger partial charge >= 0.3 is 0 Å². The van der Waals surface area contributed by atoms with E-state index < -0.39 is 0 Å². The lowest BCUT2D eigenvalue weighted by Gasteiger charge is -2.08. The van der Waals surface area contributed by atoms with Crippen molar-refractivity contribution < 1.29 is 9.84 Å². The molecule has 3 N–H and O–H groups in total. The summed E-state index contributed by atoms with van der Waals surface area (Å²) in [6, 6.07) is 4.91. The summed E-state index contributed by atoms with van der Waals surface area (Å²) in [4.78, 5) is 0. The van der Waals surface area contributed by atoms with Gasteiger partial charge in [0.2, 0.25) is 0 Å². The second kappa shape index (κ2) is 5.03. The predicted molar refractivity (Wildman–Crippen MR) is 56.1 cm³/mol. The predicted octanol–water partition coefficient (Wildman–Crippen LogP) is 1.77. The fraction of sp³-hybridized carbons (Fsp3) is 0.273. The van der Waals surface area contributed by atoms with Gasteiger partial charge in [-0.15, -0.1) is 12.3 Å². The zero-order valence-electron chi connectivity index (χ0n) is 7.86. The van der Waals surface area contributed by atoms with Crippen molar-refractivity contribution in [2.45, 2.75) is 12.8 Å². The molecule has 0 saturated heterocycles. The number of phenolic OH excluding ortho intramolecular Hbond substituents is 1. The van der Waals surface area contributed by atoms with Crippen LogP contribution in [0.3, 0.4) is 0 Å². The zero-order valence-corrected chi connectivity index (χ0v) is 7.86. The lowest BCUT2D eigenvalue weighted by molar-refractivity contribution is 0.313. The first-order valence-corrected chi connectivity index (χ1v) is 4.39. The molecule has 0 spiro atoms. The van der Waals surface area contributed by atoms with Crippen molar-refractivity contribution in [3.05, 3.63) is 18.2 Å². The molecule has 0 aliphatic rings. The Morgan fingerprint density at radius 1 is 1.50 bits per heavy atom. The van der Waals surface area contributed by atoms with Gasteiger partial charge in [0.15, 0.2) is 0 Å². The number of nitrogens with two attached hydrogens (primary N) is 1. The van der Waals surface area contributed by atoms with Crippen molar-refractivity contribution in [3.8, 4) is 23.8 Å². The standard InChI is InChI=1S/C11H13NO2/c1-2-3-4-8-14-10-7-5-6-9(13)11(10)12/h1,5-7,13H,3-4,8,12H2. The maximum atomic E-state index is 9.27. The third kappa shape index (κ3) is 2.60. The van der Waals surface area contributed by atoms with Crippen LogP contribution in [0.2, 0.25) is 0 Å². The van der Waals surface area contributed by atoms with Crippen molar-refractivity contribution in [2.24, 2.45) is 0 Å². The van der Waals surface area contributed by atoms with E-state index in [1.54, 1.807) is 12.1 Å². The van der Waals surface area contributed by atoms with Crippen LogP contribution < -0.4 is 10.5 Å². The number of rotatable bonds is 4. The van der Waals surface area contributed by atoms with Crippen LogP contribution in [-0.4, -0.2) is 11.7 Å². The Balaban J connectivity index is 2.51. The van der Waals surface area contributed by atoms with E-state index >= 15 is 0 Å². The molecule has 1 rings (SSSR count). The van der Waals surface area contributed by atoms with Crippen LogP contribution in [0, 0.1) is 12.3 Å². The summed E-state index contributed by atoms with van der Waals surface area (Å²) in [6.45, 7) is 0.512. The molecule has 1 aromatic rings. The quantitative estimate of drug-likeness (QED) is 0.330. The summed E-state index contributed by atoms with van der Waals surface area (Å²) in [5.41, 5.74) is 5.85. The summed E-state index contributed by atoms with van der Waals surface area (Å²) in [6.07, 6.45) is 6.55. The van der Waals surface area contributed by atoms with Gasteiger partial charge in [-0.05, 0) is 18.6 Å². The monoisotopic (exact) mass is 191 g/mol. The van der Waals surface area contributed by atoms with Gasteiger partial charge in [0.25, 0.3) is 0 Å². The van der Waals surface area contributed by atoms with E-state index in [9.17, 15) is 5.11 Å². The maximum Gasteiger partial charge on any atom is 0.145 e. The largest absolute Gasteiger partial charge is 0.506 e. The number of phenols is 1. The van der Waals surface area contributed by atoms with Crippen molar-refractivity contribution in [2.75, 3.05) is 12.3 Å². The van der Waals surface area contributed by atoms with E-state index in [2.05, 4.69) is 5.92 Å². The number of hydrogen-bond donors (Lipinski definition) is 2. The van der Waals surface area contributed by atoms with Crippen molar-refractivity contribution in [1.29, 1.82) is 0 Å². The normalized spacial score (nSPS) is 9.36. The Labute approximate surface area is 83.5 Å². The first-order valence-electron chi connectivity index (χ1n) is 4.39. The molecule has 0 radical (unpaired) electrons. The third-order valence-corrected chi connectivity index (χ3v) is 1.77. The summed E-state index contributed by atoms with van der Waals surface area (Å²) in [5, 5.41) is 9.27. The molecule has 0 saturated carbocycles. The van der Waals surface area contributed by atoms with Gasteiger partial charge < -0.3 is 15.6 Å². The number of aromatic hydroxyl groups is 1. The van der Waals surface area contributed by atoms with Crippen LogP contribution in [0.5, 0.6) is 11.5 Å². The molecule has 14 heavy (non-hydrogen) atoms. The second-order valence-electron chi connectivity index (χ2n) is 2.85. The Morgan fingerprint density at radius 2 is 2.29 bits per heavy atom. The first-order chi connectivity index (χ1) is 6.75. The average Bonchev–Trinajstić information content (AvgIpc) is 2.19. The van der Waals surface area contributed by atoms with Gasteiger partial charge in [-0.25, -0.2) is 0 Å². The van der Waals surface area contributed by atoms with Crippen LogP contribution in [-0.2, 0) is 0 Å². The summed E-state index contributed by atoms with van der Waals surface area (Å²) in [5.74, 6) is 3.06. The minimum absolute atomic E-state index is 0.0412. The van der Waals surface area contributed by atoms with Crippen LogP contribution in [0.1, 0.15) is 12.8 Å². The topological polar surface area (TPSA) is 55.5 Å². The number of hydrogen-bond acceptors (Lipinski definition) is 3. The minimum Gasteiger partial charge on any atom is -0.506 e. The Hall–Kier alpha value is -1.82. The highest BCUT2D eigenvalue weighted by Gasteiger charge is 2.03. The highest BCUT2D eigenvalue weighted by Crippen LogP contribution is 2.29.